The van der Waals surface area contributed by atoms with Gasteiger partial charge in [-0.25, -0.2) is 13.1 Å². The molecule has 1 fully saturated rings. The number of nitrogens with one attached hydrogen (secondary N) is 1. The molecule has 1 amide bonds. The van der Waals surface area contributed by atoms with Crippen molar-refractivity contribution in [2.24, 2.45) is 0 Å². The average Bonchev–Trinajstić information content (AvgIpc) is 2.78. The molecule has 25 heavy (non-hydrogen) atoms. The van der Waals surface area contributed by atoms with E-state index in [9.17, 15) is 13.2 Å². The molecule has 1 N–H and O–H groups in total. The van der Waals surface area contributed by atoms with Crippen LogP contribution in [-0.4, -0.2) is 63.9 Å². The Labute approximate surface area is 151 Å². The second-order valence-corrected chi connectivity index (χ2v) is 8.78. The van der Waals surface area contributed by atoms with Crippen LogP contribution in [0.1, 0.15) is 30.4 Å². The number of hydrogen-bond acceptors (Lipinski definition) is 4. The standard InChI is InChI=1S/C18H29N3O3S/c1-14-8-9-17(15(2)11-14)25(23,24)19-12-18(22)21-10-6-5-7-16(13-21)20(3)4/h8-9,11,16,19H,5-7,10,12-13H2,1-4H3/t16-/m0/s1. The number of likely N-dealkylation sites (tertiary alicyclic amines) is 1. The predicted molar refractivity (Wildman–Crippen MR) is 99.0 cm³/mol. The van der Waals surface area contributed by atoms with Gasteiger partial charge in [-0.2, -0.15) is 0 Å². The van der Waals surface area contributed by atoms with Gasteiger partial charge in [-0.3, -0.25) is 4.79 Å². The fourth-order valence-corrected chi connectivity index (χ4v) is 4.41. The first-order chi connectivity index (χ1) is 11.7. The summed E-state index contributed by atoms with van der Waals surface area (Å²) in [7, 11) is 0.342. The Morgan fingerprint density at radius 1 is 1.28 bits per heavy atom. The summed E-state index contributed by atoms with van der Waals surface area (Å²) in [4.78, 5) is 16.7. The molecule has 7 heteroatoms. The highest BCUT2D eigenvalue weighted by molar-refractivity contribution is 7.89. The molecule has 1 aliphatic rings. The number of rotatable bonds is 5. The Hall–Kier alpha value is -1.44. The average molecular weight is 368 g/mol. The molecular weight excluding hydrogens is 338 g/mol. The van der Waals surface area contributed by atoms with Crippen molar-refractivity contribution in [1.29, 1.82) is 0 Å². The molecule has 0 unspecified atom stereocenters. The van der Waals surface area contributed by atoms with E-state index in [0.29, 0.717) is 24.7 Å². The second-order valence-electron chi connectivity index (χ2n) is 7.05. The summed E-state index contributed by atoms with van der Waals surface area (Å²) in [5.41, 5.74) is 1.69. The minimum atomic E-state index is -3.69. The molecule has 0 radical (unpaired) electrons. The number of likely N-dealkylation sites (N-methyl/N-ethyl adjacent to an activating group) is 1. The van der Waals surface area contributed by atoms with E-state index in [4.69, 9.17) is 0 Å². The fraction of sp³-hybridized carbons (Fsp3) is 0.611. The first-order valence-corrected chi connectivity index (χ1v) is 10.2. The molecule has 2 rings (SSSR count). The van der Waals surface area contributed by atoms with Crippen LogP contribution in [0.4, 0.5) is 0 Å². The summed E-state index contributed by atoms with van der Waals surface area (Å²) < 4.78 is 27.5. The summed E-state index contributed by atoms with van der Waals surface area (Å²) in [6.45, 7) is 4.82. The van der Waals surface area contributed by atoms with Crippen LogP contribution in [-0.2, 0) is 14.8 Å². The smallest absolute Gasteiger partial charge is 0.241 e. The van der Waals surface area contributed by atoms with Crippen LogP contribution in [0.2, 0.25) is 0 Å². The van der Waals surface area contributed by atoms with E-state index in [-0.39, 0.29) is 17.3 Å². The Bertz CT molecular complexity index is 716. The number of hydrogen-bond donors (Lipinski definition) is 1. The van der Waals surface area contributed by atoms with Crippen LogP contribution >= 0.6 is 0 Å². The second kappa shape index (κ2) is 8.29. The number of benzene rings is 1. The monoisotopic (exact) mass is 367 g/mol. The van der Waals surface area contributed by atoms with E-state index in [1.165, 1.54) is 0 Å². The van der Waals surface area contributed by atoms with Crippen LogP contribution in [0, 0.1) is 13.8 Å². The van der Waals surface area contributed by atoms with Crippen molar-refractivity contribution < 1.29 is 13.2 Å². The Morgan fingerprint density at radius 3 is 2.64 bits per heavy atom. The molecule has 0 bridgehead atoms. The van der Waals surface area contributed by atoms with Crippen molar-refractivity contribution in [1.82, 2.24) is 14.5 Å². The lowest BCUT2D eigenvalue weighted by Crippen LogP contribution is -2.45. The van der Waals surface area contributed by atoms with Crippen LogP contribution in [0.25, 0.3) is 0 Å². The third kappa shape index (κ3) is 5.26. The number of amides is 1. The normalized spacial score (nSPS) is 19.1. The molecule has 1 heterocycles. The summed E-state index contributed by atoms with van der Waals surface area (Å²) in [5.74, 6) is -0.165. The summed E-state index contributed by atoms with van der Waals surface area (Å²) in [6.07, 6.45) is 3.10. The van der Waals surface area contributed by atoms with E-state index in [0.717, 1.165) is 24.8 Å². The summed E-state index contributed by atoms with van der Waals surface area (Å²) in [6, 6.07) is 5.50. The van der Waals surface area contributed by atoms with Gasteiger partial charge in [0.2, 0.25) is 15.9 Å². The molecule has 0 saturated carbocycles. The number of aryl methyl sites for hydroxylation is 2. The van der Waals surface area contributed by atoms with Gasteiger partial charge < -0.3 is 9.80 Å². The maximum absolute atomic E-state index is 12.5. The molecule has 0 aliphatic carbocycles. The molecule has 1 aromatic carbocycles. The lowest BCUT2D eigenvalue weighted by Gasteiger charge is -2.28. The minimum absolute atomic E-state index is 0.165. The third-order valence-electron chi connectivity index (χ3n) is 4.76. The number of nitrogens with zero attached hydrogens (tertiary/aromatic N) is 2. The molecule has 1 saturated heterocycles. The van der Waals surface area contributed by atoms with Crippen LogP contribution < -0.4 is 4.72 Å². The molecular formula is C18H29N3O3S. The van der Waals surface area contributed by atoms with Gasteiger partial charge in [0.25, 0.3) is 0 Å². The topological polar surface area (TPSA) is 69.7 Å². The van der Waals surface area contributed by atoms with Gasteiger partial charge in [0.15, 0.2) is 0 Å². The van der Waals surface area contributed by atoms with Crippen LogP contribution in [0.3, 0.4) is 0 Å². The van der Waals surface area contributed by atoms with Crippen LogP contribution in [0.15, 0.2) is 23.1 Å². The van der Waals surface area contributed by atoms with Gasteiger partial charge in [-0.1, -0.05) is 24.1 Å². The lowest BCUT2D eigenvalue weighted by atomic mass is 10.1. The predicted octanol–water partition coefficient (Wildman–Crippen LogP) is 1.52. The van der Waals surface area contributed by atoms with Gasteiger partial charge in [-0.05, 0) is 52.4 Å². The van der Waals surface area contributed by atoms with Crippen LogP contribution in [0.5, 0.6) is 0 Å². The molecule has 1 atom stereocenters. The summed E-state index contributed by atoms with van der Waals surface area (Å²) >= 11 is 0. The highest BCUT2D eigenvalue weighted by Gasteiger charge is 2.25. The van der Waals surface area contributed by atoms with Gasteiger partial charge in [0.05, 0.1) is 11.4 Å². The highest BCUT2D eigenvalue weighted by atomic mass is 32.2. The number of sulfonamides is 1. The van der Waals surface area contributed by atoms with E-state index >= 15 is 0 Å². The Morgan fingerprint density at radius 2 is 2.00 bits per heavy atom. The van der Waals surface area contributed by atoms with Gasteiger partial charge >= 0.3 is 0 Å². The van der Waals surface area contributed by atoms with Crippen molar-refractivity contribution in [2.45, 2.75) is 44.0 Å². The van der Waals surface area contributed by atoms with Gasteiger partial charge in [0.1, 0.15) is 0 Å². The van der Waals surface area contributed by atoms with Crippen molar-refractivity contribution in [2.75, 3.05) is 33.7 Å². The number of carbonyl (C=O) groups is 1. The lowest BCUT2D eigenvalue weighted by molar-refractivity contribution is -0.130. The van der Waals surface area contributed by atoms with Crippen molar-refractivity contribution >= 4 is 15.9 Å². The molecule has 6 nitrogen and oxygen atoms in total. The molecule has 0 spiro atoms. The highest BCUT2D eigenvalue weighted by Crippen LogP contribution is 2.17. The van der Waals surface area contributed by atoms with Crippen molar-refractivity contribution in [3.8, 4) is 0 Å². The molecule has 1 aliphatic heterocycles. The largest absolute Gasteiger partial charge is 0.340 e. The Kier molecular flexibility index (Phi) is 6.59. The molecule has 0 aromatic heterocycles. The van der Waals surface area contributed by atoms with Crippen molar-refractivity contribution in [3.05, 3.63) is 29.3 Å². The van der Waals surface area contributed by atoms with E-state index < -0.39 is 10.0 Å². The zero-order valence-corrected chi connectivity index (χ0v) is 16.4. The van der Waals surface area contributed by atoms with Crippen molar-refractivity contribution in [3.63, 3.8) is 0 Å². The van der Waals surface area contributed by atoms with Gasteiger partial charge in [-0.15, -0.1) is 0 Å². The van der Waals surface area contributed by atoms with E-state index in [1.807, 2.05) is 27.1 Å². The summed E-state index contributed by atoms with van der Waals surface area (Å²) in [5, 5.41) is 0. The SMILES string of the molecule is Cc1ccc(S(=O)(=O)NCC(=O)N2CCCC[C@H](N(C)C)C2)c(C)c1. The first kappa shape index (κ1) is 19.9. The molecule has 140 valence electrons. The maximum Gasteiger partial charge on any atom is 0.241 e. The zero-order chi connectivity index (χ0) is 18.6. The van der Waals surface area contributed by atoms with Gasteiger partial charge in [0, 0.05) is 19.1 Å². The quantitative estimate of drug-likeness (QED) is 0.857. The van der Waals surface area contributed by atoms with E-state index in [1.54, 1.807) is 24.0 Å². The zero-order valence-electron chi connectivity index (χ0n) is 15.6. The number of carbonyl (C=O) groups excluding carboxylic acids is 1. The van der Waals surface area contributed by atoms with E-state index in [2.05, 4.69) is 9.62 Å². The minimum Gasteiger partial charge on any atom is -0.340 e. The molecule has 1 aromatic rings. The maximum atomic E-state index is 12.5. The Balaban J connectivity index is 2.02. The first-order valence-electron chi connectivity index (χ1n) is 8.72. The fourth-order valence-electron chi connectivity index (χ4n) is 3.21. The third-order valence-corrected chi connectivity index (χ3v) is 6.32.